The molecule has 2 rings (SSSR count). The van der Waals surface area contributed by atoms with Crippen LogP contribution >= 0.6 is 0 Å². The van der Waals surface area contributed by atoms with Gasteiger partial charge >= 0.3 is 0 Å². The van der Waals surface area contributed by atoms with Crippen molar-refractivity contribution >= 4 is 5.91 Å². The number of pyridine rings is 1. The summed E-state index contributed by atoms with van der Waals surface area (Å²) in [4.78, 5) is 16.3. The second kappa shape index (κ2) is 8.25. The monoisotopic (exact) mass is 316 g/mol. The molecule has 4 heteroatoms. The molecule has 1 aliphatic rings. The van der Waals surface area contributed by atoms with E-state index < -0.39 is 0 Å². The Hall–Kier alpha value is -1.68. The van der Waals surface area contributed by atoms with E-state index in [-0.39, 0.29) is 24.3 Å². The number of allylic oxidation sites excluding steroid dienone is 1. The average molecular weight is 316 g/mol. The molecule has 1 heterocycles. The smallest absolute Gasteiger partial charge is 0.220 e. The third-order valence-corrected chi connectivity index (χ3v) is 4.94. The van der Waals surface area contributed by atoms with Crippen LogP contribution in [0.4, 0.5) is 0 Å². The van der Waals surface area contributed by atoms with Crippen LogP contribution in [-0.4, -0.2) is 22.6 Å². The predicted molar refractivity (Wildman–Crippen MR) is 91.5 cm³/mol. The van der Waals surface area contributed by atoms with Gasteiger partial charge in [-0.3, -0.25) is 9.78 Å². The maximum absolute atomic E-state index is 12.2. The lowest BCUT2D eigenvalue weighted by Gasteiger charge is -2.36. The third-order valence-electron chi connectivity index (χ3n) is 4.94. The number of aromatic nitrogens is 1. The molecule has 1 aromatic rings. The molecule has 2 N–H and O–H groups in total. The van der Waals surface area contributed by atoms with E-state index >= 15 is 0 Å². The van der Waals surface area contributed by atoms with Gasteiger partial charge in [0.15, 0.2) is 0 Å². The normalized spacial score (nSPS) is 24.4. The summed E-state index contributed by atoms with van der Waals surface area (Å²) >= 11 is 0. The van der Waals surface area contributed by atoms with Gasteiger partial charge < -0.3 is 10.4 Å². The highest BCUT2D eigenvalue weighted by Crippen LogP contribution is 2.38. The van der Waals surface area contributed by atoms with Gasteiger partial charge in [0.1, 0.15) is 0 Å². The van der Waals surface area contributed by atoms with Crippen LogP contribution in [0.1, 0.15) is 39.2 Å². The molecule has 23 heavy (non-hydrogen) atoms. The van der Waals surface area contributed by atoms with Crippen LogP contribution in [0.5, 0.6) is 0 Å². The van der Waals surface area contributed by atoms with Crippen molar-refractivity contribution < 1.29 is 9.90 Å². The highest BCUT2D eigenvalue weighted by Gasteiger charge is 2.31. The fourth-order valence-corrected chi connectivity index (χ4v) is 3.48. The van der Waals surface area contributed by atoms with Crippen LogP contribution in [0.15, 0.2) is 36.2 Å². The Morgan fingerprint density at radius 2 is 2.26 bits per heavy atom. The van der Waals surface area contributed by atoms with E-state index in [1.54, 1.807) is 12.4 Å². The molecule has 0 fully saturated rings. The van der Waals surface area contributed by atoms with E-state index in [2.05, 4.69) is 37.1 Å². The lowest BCUT2D eigenvalue weighted by atomic mass is 9.70. The van der Waals surface area contributed by atoms with Crippen LogP contribution in [-0.2, 0) is 11.3 Å². The molecule has 0 bridgehead atoms. The first-order valence-corrected chi connectivity index (χ1v) is 8.46. The third kappa shape index (κ3) is 4.90. The van der Waals surface area contributed by atoms with E-state index in [0.29, 0.717) is 24.8 Å². The molecule has 0 spiro atoms. The van der Waals surface area contributed by atoms with E-state index in [4.69, 9.17) is 0 Å². The van der Waals surface area contributed by atoms with Crippen molar-refractivity contribution in [1.29, 1.82) is 0 Å². The van der Waals surface area contributed by atoms with Crippen LogP contribution in [0.25, 0.3) is 0 Å². The number of hydrogen-bond acceptors (Lipinski definition) is 3. The minimum absolute atomic E-state index is 0.0801. The molecule has 0 radical (unpaired) electrons. The Bertz CT molecular complexity index is 540. The quantitative estimate of drug-likeness (QED) is 0.793. The lowest BCUT2D eigenvalue weighted by molar-refractivity contribution is -0.122. The number of carbonyl (C=O) groups is 1. The van der Waals surface area contributed by atoms with Crippen LogP contribution in [0.2, 0.25) is 0 Å². The molecule has 1 aliphatic carbocycles. The van der Waals surface area contributed by atoms with Crippen LogP contribution < -0.4 is 5.32 Å². The van der Waals surface area contributed by atoms with Crippen LogP contribution in [0.3, 0.4) is 0 Å². The summed E-state index contributed by atoms with van der Waals surface area (Å²) in [6.45, 7) is 7.19. The summed E-state index contributed by atoms with van der Waals surface area (Å²) in [5.41, 5.74) is 2.25. The Labute approximate surface area is 139 Å². The Morgan fingerprint density at radius 1 is 1.48 bits per heavy atom. The van der Waals surface area contributed by atoms with Crippen LogP contribution in [0, 0.1) is 23.7 Å². The SMILES string of the molecule is CC1=C[C@@H](CO)[C@H](C(C)C)C[C@H]1CC(=O)NCc1cccnc1. The topological polar surface area (TPSA) is 62.2 Å². The Morgan fingerprint density at radius 3 is 2.87 bits per heavy atom. The minimum atomic E-state index is 0.0801. The number of aliphatic hydroxyl groups excluding tert-OH is 1. The van der Waals surface area contributed by atoms with Crippen molar-refractivity contribution in [3.63, 3.8) is 0 Å². The van der Waals surface area contributed by atoms with Gasteiger partial charge in [0, 0.05) is 37.9 Å². The standard InChI is InChI=1S/C19H28N2O2/c1-13(2)18-8-16(14(3)7-17(18)12-22)9-19(23)21-11-15-5-4-6-20-10-15/h4-7,10,13,16-18,22H,8-9,11-12H2,1-3H3,(H,21,23)/t16-,17-,18-/m0/s1. The Kier molecular flexibility index (Phi) is 6.34. The van der Waals surface area contributed by atoms with Gasteiger partial charge in [0.05, 0.1) is 0 Å². The van der Waals surface area contributed by atoms with Crippen molar-refractivity contribution in [2.24, 2.45) is 23.7 Å². The van der Waals surface area contributed by atoms with Crippen molar-refractivity contribution in [2.75, 3.05) is 6.61 Å². The second-order valence-corrected chi connectivity index (χ2v) is 6.94. The number of rotatable bonds is 6. The van der Waals surface area contributed by atoms with Crippen molar-refractivity contribution in [1.82, 2.24) is 10.3 Å². The maximum atomic E-state index is 12.2. The largest absolute Gasteiger partial charge is 0.396 e. The van der Waals surface area contributed by atoms with Crippen molar-refractivity contribution in [3.8, 4) is 0 Å². The molecular weight excluding hydrogens is 288 g/mol. The average Bonchev–Trinajstić information content (AvgIpc) is 2.55. The number of nitrogens with one attached hydrogen (secondary N) is 1. The zero-order valence-electron chi connectivity index (χ0n) is 14.3. The highest BCUT2D eigenvalue weighted by molar-refractivity contribution is 5.76. The molecule has 0 saturated heterocycles. The first-order valence-electron chi connectivity index (χ1n) is 8.46. The summed E-state index contributed by atoms with van der Waals surface area (Å²) < 4.78 is 0. The second-order valence-electron chi connectivity index (χ2n) is 6.94. The predicted octanol–water partition coefficient (Wildman–Crippen LogP) is 2.93. The van der Waals surface area contributed by atoms with Crippen molar-refractivity contribution in [3.05, 3.63) is 41.7 Å². The Balaban J connectivity index is 1.92. The number of amides is 1. The van der Waals surface area contributed by atoms with Crippen molar-refractivity contribution in [2.45, 2.75) is 40.2 Å². The molecule has 0 unspecified atom stereocenters. The zero-order chi connectivity index (χ0) is 16.8. The van der Waals surface area contributed by atoms with Gasteiger partial charge in [0.2, 0.25) is 5.91 Å². The first-order chi connectivity index (χ1) is 11.0. The maximum Gasteiger partial charge on any atom is 0.220 e. The summed E-state index contributed by atoms with van der Waals surface area (Å²) in [5.74, 6) is 1.54. The highest BCUT2D eigenvalue weighted by atomic mass is 16.3. The number of aliphatic hydroxyl groups is 1. The molecule has 3 atom stereocenters. The van der Waals surface area contributed by atoms with E-state index in [1.165, 1.54) is 5.57 Å². The van der Waals surface area contributed by atoms with Gasteiger partial charge in [-0.1, -0.05) is 31.6 Å². The fourth-order valence-electron chi connectivity index (χ4n) is 3.48. The van der Waals surface area contributed by atoms with E-state index in [1.807, 2.05) is 12.1 Å². The number of nitrogens with zero attached hydrogens (tertiary/aromatic N) is 1. The minimum Gasteiger partial charge on any atom is -0.396 e. The molecule has 1 amide bonds. The first kappa shape index (κ1) is 17.7. The zero-order valence-corrected chi connectivity index (χ0v) is 14.3. The van der Waals surface area contributed by atoms with Gasteiger partial charge in [-0.15, -0.1) is 0 Å². The summed E-state index contributed by atoms with van der Waals surface area (Å²) in [6, 6.07) is 3.83. The summed E-state index contributed by atoms with van der Waals surface area (Å²) in [5, 5.41) is 12.6. The molecular formula is C19H28N2O2. The van der Waals surface area contributed by atoms with E-state index in [9.17, 15) is 9.90 Å². The fraction of sp³-hybridized carbons (Fsp3) is 0.579. The number of carbonyl (C=O) groups excluding carboxylic acids is 1. The molecule has 0 aliphatic heterocycles. The van der Waals surface area contributed by atoms with Gasteiger partial charge in [-0.05, 0) is 42.7 Å². The van der Waals surface area contributed by atoms with Gasteiger partial charge in [-0.2, -0.15) is 0 Å². The molecule has 1 aromatic heterocycles. The summed E-state index contributed by atoms with van der Waals surface area (Å²) in [6.07, 6.45) is 7.17. The van der Waals surface area contributed by atoms with Gasteiger partial charge in [0.25, 0.3) is 0 Å². The molecule has 4 nitrogen and oxygen atoms in total. The van der Waals surface area contributed by atoms with Gasteiger partial charge in [-0.25, -0.2) is 0 Å². The molecule has 0 aromatic carbocycles. The lowest BCUT2D eigenvalue weighted by Crippen LogP contribution is -2.32. The number of hydrogen-bond donors (Lipinski definition) is 2. The van der Waals surface area contributed by atoms with E-state index in [0.717, 1.165) is 12.0 Å². The molecule has 0 saturated carbocycles. The molecule has 126 valence electrons. The summed E-state index contributed by atoms with van der Waals surface area (Å²) in [7, 11) is 0.